The number of rotatable bonds is 10. The van der Waals surface area contributed by atoms with Crippen LogP contribution in [0, 0.1) is 0 Å². The van der Waals surface area contributed by atoms with Gasteiger partial charge in [-0.05, 0) is 56.9 Å². The van der Waals surface area contributed by atoms with Crippen molar-refractivity contribution >= 4 is 24.9 Å². The Balaban J connectivity index is 1.23. The van der Waals surface area contributed by atoms with Crippen LogP contribution in [0.2, 0.25) is 25.7 Å². The normalized spacial score (nSPS) is 19.1. The molecule has 1 atom stereocenters. The highest BCUT2D eigenvalue weighted by Crippen LogP contribution is 2.33. The molecule has 2 aliphatic rings. The molecule has 4 aromatic rings. The number of hydrogen-bond acceptors (Lipinski definition) is 8. The van der Waals surface area contributed by atoms with Gasteiger partial charge in [0, 0.05) is 62.7 Å². The van der Waals surface area contributed by atoms with E-state index in [0.717, 1.165) is 60.0 Å². The molecule has 1 unspecified atom stereocenters. The summed E-state index contributed by atoms with van der Waals surface area (Å²) in [5.41, 5.74) is 3.87. The molecular weight excluding hydrogens is 506 g/mol. The molecule has 1 N–H and O–H groups in total. The predicted octanol–water partition coefficient (Wildman–Crippen LogP) is 4.50. The number of benzene rings is 1. The summed E-state index contributed by atoms with van der Waals surface area (Å²) in [6, 6.07) is 7.62. The summed E-state index contributed by atoms with van der Waals surface area (Å²) in [5, 5.41) is 23.1. The third-order valence-electron chi connectivity index (χ3n) is 8.05. The van der Waals surface area contributed by atoms with Crippen LogP contribution in [0.5, 0.6) is 0 Å². The van der Waals surface area contributed by atoms with E-state index < -0.39 is 8.07 Å². The third-order valence-corrected chi connectivity index (χ3v) is 9.75. The number of aromatic nitrogens is 7. The second kappa shape index (κ2) is 10.4. The largest absolute Gasteiger partial charge is 0.360 e. The van der Waals surface area contributed by atoms with Crippen LogP contribution < -0.4 is 10.2 Å². The minimum Gasteiger partial charge on any atom is -0.360 e. The summed E-state index contributed by atoms with van der Waals surface area (Å²) < 4.78 is 9.83. The Kier molecular flexibility index (Phi) is 6.98. The van der Waals surface area contributed by atoms with E-state index in [1.807, 2.05) is 34.0 Å². The fraction of sp³-hybridized carbons (Fsp3) is 0.536. The topological polar surface area (TPSA) is 98.8 Å². The molecule has 0 radical (unpaired) electrons. The van der Waals surface area contributed by atoms with Crippen LogP contribution in [0.1, 0.15) is 32.6 Å². The van der Waals surface area contributed by atoms with Crippen molar-refractivity contribution in [2.75, 3.05) is 24.6 Å². The summed E-state index contributed by atoms with van der Waals surface area (Å²) in [7, 11) is -1.17. The Morgan fingerprint density at radius 3 is 2.69 bits per heavy atom. The molecule has 1 aliphatic carbocycles. The van der Waals surface area contributed by atoms with Crippen molar-refractivity contribution in [3.8, 4) is 16.9 Å². The van der Waals surface area contributed by atoms with Gasteiger partial charge in [-0.25, -0.2) is 14.3 Å². The van der Waals surface area contributed by atoms with Gasteiger partial charge in [0.25, 0.3) is 0 Å². The van der Waals surface area contributed by atoms with E-state index in [2.05, 4.69) is 64.2 Å². The molecule has 10 nitrogen and oxygen atoms in total. The number of hydrogen-bond donors (Lipinski definition) is 1. The van der Waals surface area contributed by atoms with E-state index in [1.54, 1.807) is 6.20 Å². The summed E-state index contributed by atoms with van der Waals surface area (Å²) >= 11 is 0. The molecule has 0 amide bonds. The lowest BCUT2D eigenvalue weighted by atomic mass is 9.78. The van der Waals surface area contributed by atoms with Crippen molar-refractivity contribution in [1.82, 2.24) is 40.1 Å². The highest BCUT2D eigenvalue weighted by molar-refractivity contribution is 6.76. The summed E-state index contributed by atoms with van der Waals surface area (Å²) in [5.74, 6) is 0.692. The second-order valence-electron chi connectivity index (χ2n) is 12.5. The maximum atomic E-state index is 6.06. The van der Waals surface area contributed by atoms with Crippen molar-refractivity contribution in [2.45, 2.75) is 76.6 Å². The number of nitrogens with one attached hydrogen (secondary N) is 1. The number of anilines is 1. The maximum Gasteiger partial charge on any atom is 0.245 e. The van der Waals surface area contributed by atoms with Gasteiger partial charge in [-0.1, -0.05) is 19.6 Å². The molecule has 1 saturated carbocycles. The first-order valence-electron chi connectivity index (χ1n) is 14.1. The lowest BCUT2D eigenvalue weighted by Gasteiger charge is -2.41. The van der Waals surface area contributed by atoms with E-state index in [1.165, 1.54) is 19.3 Å². The molecule has 1 aliphatic heterocycles. The fourth-order valence-electron chi connectivity index (χ4n) is 5.57. The molecule has 39 heavy (non-hydrogen) atoms. The van der Waals surface area contributed by atoms with E-state index in [0.29, 0.717) is 24.3 Å². The lowest BCUT2D eigenvalue weighted by Crippen LogP contribution is -2.53. The average Bonchev–Trinajstić information content (AvgIpc) is 3.67. The number of ether oxygens (including phenoxy) is 1. The van der Waals surface area contributed by atoms with Gasteiger partial charge < -0.3 is 15.0 Å². The zero-order valence-electron chi connectivity index (χ0n) is 23.5. The quantitative estimate of drug-likeness (QED) is 0.230. The Hall–Kier alpha value is -3.15. The van der Waals surface area contributed by atoms with Gasteiger partial charge in [-0.2, -0.15) is 10.2 Å². The van der Waals surface area contributed by atoms with Crippen LogP contribution in [0.3, 0.4) is 0 Å². The number of fused-ring (bicyclic) bond motifs is 1. The van der Waals surface area contributed by atoms with Gasteiger partial charge in [0.2, 0.25) is 5.95 Å². The summed E-state index contributed by atoms with van der Waals surface area (Å²) in [4.78, 5) is 6.97. The van der Waals surface area contributed by atoms with Crippen LogP contribution in [0.25, 0.3) is 27.8 Å². The molecule has 1 saturated heterocycles. The highest BCUT2D eigenvalue weighted by Gasteiger charge is 2.36. The second-order valence-corrected chi connectivity index (χ2v) is 18.1. The van der Waals surface area contributed by atoms with Gasteiger partial charge in [0.05, 0.1) is 23.6 Å². The molecule has 206 valence electrons. The first kappa shape index (κ1) is 26.1. The predicted molar refractivity (Wildman–Crippen MR) is 156 cm³/mol. The van der Waals surface area contributed by atoms with Crippen LogP contribution in [0.4, 0.5) is 5.95 Å². The van der Waals surface area contributed by atoms with Gasteiger partial charge in [-0.3, -0.25) is 0 Å². The van der Waals surface area contributed by atoms with E-state index in [4.69, 9.17) is 14.8 Å². The minimum absolute atomic E-state index is 0.307. The van der Waals surface area contributed by atoms with Gasteiger partial charge in [0.15, 0.2) is 0 Å². The molecule has 2 fully saturated rings. The monoisotopic (exact) mass is 545 g/mol. The molecule has 6 rings (SSSR count). The Bertz CT molecular complexity index is 1410. The first-order valence-corrected chi connectivity index (χ1v) is 17.8. The van der Waals surface area contributed by atoms with E-state index >= 15 is 0 Å². The molecule has 11 heteroatoms. The van der Waals surface area contributed by atoms with Crippen LogP contribution in [0.15, 0.2) is 43.0 Å². The van der Waals surface area contributed by atoms with Crippen molar-refractivity contribution in [2.24, 2.45) is 0 Å². The van der Waals surface area contributed by atoms with Crippen LogP contribution in [-0.4, -0.2) is 74.1 Å². The van der Waals surface area contributed by atoms with Gasteiger partial charge in [0.1, 0.15) is 12.4 Å². The minimum atomic E-state index is -1.17. The lowest BCUT2D eigenvalue weighted by molar-refractivity contribution is 0.0817. The van der Waals surface area contributed by atoms with Gasteiger partial charge >= 0.3 is 0 Å². The third kappa shape index (κ3) is 5.61. The average molecular weight is 546 g/mol. The zero-order chi connectivity index (χ0) is 27.0. The summed E-state index contributed by atoms with van der Waals surface area (Å²) in [6.45, 7) is 12.4. The fourth-order valence-corrected chi connectivity index (χ4v) is 6.33. The maximum absolute atomic E-state index is 6.06. The molecule has 1 aromatic carbocycles. The highest BCUT2D eigenvalue weighted by atomic mass is 28.3. The van der Waals surface area contributed by atoms with E-state index in [-0.39, 0.29) is 0 Å². The van der Waals surface area contributed by atoms with Crippen molar-refractivity contribution in [3.63, 3.8) is 0 Å². The van der Waals surface area contributed by atoms with E-state index in [9.17, 15) is 0 Å². The molecule has 0 bridgehead atoms. The Labute approximate surface area is 230 Å². The smallest absolute Gasteiger partial charge is 0.245 e. The standard InChI is InChI=1S/C28H39N9OSi/c1-28(10-5-11-28)32-21-9-14-35(19-21)27-29-18-24(33-34-27)22-7-8-25(36-13-6-12-30-36)26-23(22)17-31-37(26)20-38-15-16-39(2,3)4/h6-8,12-13,17-18,21,32H,5,9-11,14-16,19-20H2,1-4H3. The van der Waals surface area contributed by atoms with Crippen molar-refractivity contribution in [1.29, 1.82) is 0 Å². The van der Waals surface area contributed by atoms with Crippen LogP contribution >= 0.6 is 0 Å². The van der Waals surface area contributed by atoms with Gasteiger partial charge in [-0.15, -0.1) is 10.2 Å². The zero-order valence-corrected chi connectivity index (χ0v) is 24.5. The Morgan fingerprint density at radius 2 is 2.00 bits per heavy atom. The molecular formula is C28H39N9OSi. The number of nitrogens with zero attached hydrogens (tertiary/aromatic N) is 8. The van der Waals surface area contributed by atoms with Crippen molar-refractivity contribution in [3.05, 3.63) is 43.0 Å². The molecule has 4 heterocycles. The summed E-state index contributed by atoms with van der Waals surface area (Å²) in [6.07, 6.45) is 12.4. The first-order chi connectivity index (χ1) is 18.8. The molecule has 0 spiro atoms. The molecule has 3 aromatic heterocycles. The Morgan fingerprint density at radius 1 is 1.13 bits per heavy atom. The SMILES string of the molecule is CC1(NC2CCN(c3ncc(-c4ccc(-n5cccn5)c5c4cnn5COCC[Si](C)(C)C)nn3)C2)CCC1. The van der Waals surface area contributed by atoms with Crippen molar-refractivity contribution < 1.29 is 4.74 Å². The van der Waals surface area contributed by atoms with Crippen LogP contribution in [-0.2, 0) is 11.5 Å².